The van der Waals surface area contributed by atoms with Crippen LogP contribution in [0.15, 0.2) is 41.5 Å². The van der Waals surface area contributed by atoms with Crippen molar-refractivity contribution in [1.82, 2.24) is 5.32 Å². The molecule has 2 N–H and O–H groups in total. The van der Waals surface area contributed by atoms with E-state index in [0.29, 0.717) is 15.7 Å². The summed E-state index contributed by atoms with van der Waals surface area (Å²) in [7, 11) is 0. The molecule has 1 aromatic rings. The van der Waals surface area contributed by atoms with Crippen molar-refractivity contribution in [2.24, 2.45) is 5.92 Å². The number of nitrogens with zero attached hydrogens (tertiary/aromatic N) is 1. The van der Waals surface area contributed by atoms with Crippen LogP contribution in [0.25, 0.3) is 0 Å². The highest BCUT2D eigenvalue weighted by Gasteiger charge is 2.51. The fourth-order valence-electron chi connectivity index (χ4n) is 4.31. The second kappa shape index (κ2) is 10.4. The lowest BCUT2D eigenvalue weighted by Crippen LogP contribution is -2.53. The Kier molecular flexibility index (Phi) is 7.91. The monoisotopic (exact) mass is 526 g/mol. The van der Waals surface area contributed by atoms with E-state index in [1.54, 1.807) is 50.3 Å². The number of allylic oxidation sites excluding steroid dienone is 2. The van der Waals surface area contributed by atoms with Crippen LogP contribution in [0, 0.1) is 5.92 Å². The minimum atomic E-state index is -1.59. The van der Waals surface area contributed by atoms with E-state index in [-0.39, 0.29) is 5.92 Å². The van der Waals surface area contributed by atoms with Crippen LogP contribution in [0.4, 0.5) is 14.9 Å². The molecule has 2 amide bonds. The Morgan fingerprint density at radius 2 is 1.94 bits per heavy atom. The summed E-state index contributed by atoms with van der Waals surface area (Å²) in [6.07, 6.45) is 2.22. The van der Waals surface area contributed by atoms with Gasteiger partial charge in [0.25, 0.3) is 5.91 Å². The highest BCUT2D eigenvalue weighted by atomic mass is 35.5. The number of anilines is 1. The summed E-state index contributed by atoms with van der Waals surface area (Å²) < 4.78 is 18.5. The molecule has 0 spiro atoms. The predicted octanol–water partition coefficient (Wildman–Crippen LogP) is 4.35. The smallest absolute Gasteiger partial charge is 0.415 e. The second-order valence-corrected chi connectivity index (χ2v) is 9.81. The Bertz CT molecular complexity index is 1120. The van der Waals surface area contributed by atoms with E-state index in [1.807, 2.05) is 6.92 Å². The largest absolute Gasteiger partial charge is 0.481 e. The number of hydrogen-bond acceptors (Lipinski definition) is 5. The number of halogens is 3. The van der Waals surface area contributed by atoms with Gasteiger partial charge in [0.05, 0.1) is 17.6 Å². The van der Waals surface area contributed by atoms with Crippen LogP contribution >= 0.6 is 23.2 Å². The molecule has 1 heterocycles. The predicted molar refractivity (Wildman–Crippen MR) is 128 cm³/mol. The van der Waals surface area contributed by atoms with Crippen molar-refractivity contribution in [2.75, 3.05) is 11.6 Å². The summed E-state index contributed by atoms with van der Waals surface area (Å²) in [6.45, 7) is 3.61. The molecule has 1 aromatic carbocycles. The lowest BCUT2D eigenvalue weighted by atomic mass is 9.80. The van der Waals surface area contributed by atoms with Gasteiger partial charge in [-0.25, -0.2) is 9.18 Å². The molecular weight excluding hydrogens is 502 g/mol. The summed E-state index contributed by atoms with van der Waals surface area (Å²) in [5.41, 5.74) is 0.370. The first-order valence-electron chi connectivity index (χ1n) is 10.9. The first-order valence-corrected chi connectivity index (χ1v) is 11.6. The van der Waals surface area contributed by atoms with E-state index in [9.17, 15) is 23.6 Å². The van der Waals surface area contributed by atoms with Gasteiger partial charge in [0, 0.05) is 16.0 Å². The van der Waals surface area contributed by atoms with E-state index in [1.165, 1.54) is 4.90 Å². The number of benzene rings is 1. The zero-order valence-corrected chi connectivity index (χ0v) is 20.8. The van der Waals surface area contributed by atoms with Crippen LogP contribution in [0.1, 0.15) is 38.7 Å². The third-order valence-corrected chi connectivity index (χ3v) is 6.56. The Morgan fingerprint density at radius 1 is 1.26 bits per heavy atom. The molecule has 11 heteroatoms. The Morgan fingerprint density at radius 3 is 2.54 bits per heavy atom. The number of aliphatic carboxylic acids is 1. The van der Waals surface area contributed by atoms with Gasteiger partial charge in [-0.3, -0.25) is 19.3 Å². The number of Topliss-reactive ketones (excluding diaryl/α,β-unsaturated/α-hetero) is 1. The molecule has 0 saturated carbocycles. The van der Waals surface area contributed by atoms with E-state index in [4.69, 9.17) is 33.0 Å². The van der Waals surface area contributed by atoms with Crippen LogP contribution < -0.4 is 10.2 Å². The maximum absolute atomic E-state index is 13.5. The molecule has 0 aromatic heterocycles. The number of carbonyl (C=O) groups excluding carboxylic acids is 3. The number of rotatable bonds is 8. The minimum absolute atomic E-state index is 0.324. The fraction of sp³-hybridized carbons (Fsp3) is 0.417. The number of ether oxygens (including phenoxy) is 1. The van der Waals surface area contributed by atoms with Crippen molar-refractivity contribution in [2.45, 2.75) is 50.8 Å². The topological polar surface area (TPSA) is 113 Å². The lowest BCUT2D eigenvalue weighted by Gasteiger charge is -2.38. The Labute approximate surface area is 211 Å². The van der Waals surface area contributed by atoms with Crippen molar-refractivity contribution in [3.8, 4) is 0 Å². The fourth-order valence-corrected chi connectivity index (χ4v) is 4.68. The standard InChI is InChI=1S/C24H25Cl2FN2O6/c1-12(2)21(22(33)28-17(10-20(31)32)19(30)11-27)35-23(34)29-18-5-4-13(25)8-15(18)16-9-14(26)6-7-24(16,29)3/h4-9,12,16-17,21H,10-11H2,1-3H3,(H,28,33)(H,31,32)/t16?,17?,21-,24?/m0/s1. The number of hydrogen-bond donors (Lipinski definition) is 2. The quantitative estimate of drug-likeness (QED) is 0.520. The first kappa shape index (κ1) is 26.7. The molecule has 188 valence electrons. The van der Waals surface area contributed by atoms with E-state index < -0.39 is 60.5 Å². The Hall–Kier alpha value is -2.91. The normalized spacial score (nSPS) is 22.1. The van der Waals surface area contributed by atoms with Crippen molar-refractivity contribution in [3.63, 3.8) is 0 Å². The maximum atomic E-state index is 13.5. The SMILES string of the molecule is CC(C)[C@H](OC(=O)N1c2ccc(Cl)cc2C2C=C(Cl)C=CC21C)C(=O)NC(CC(=O)O)C(=O)CF. The van der Waals surface area contributed by atoms with Crippen LogP contribution in [0.5, 0.6) is 0 Å². The molecule has 3 unspecified atom stereocenters. The van der Waals surface area contributed by atoms with Gasteiger partial charge in [0.2, 0.25) is 0 Å². The summed E-state index contributed by atoms with van der Waals surface area (Å²) in [6, 6.07) is 3.45. The zero-order chi connectivity index (χ0) is 26.1. The van der Waals surface area contributed by atoms with Crippen LogP contribution in [0.3, 0.4) is 0 Å². The molecular formula is C24H25Cl2FN2O6. The van der Waals surface area contributed by atoms with Gasteiger partial charge < -0.3 is 15.2 Å². The Balaban J connectivity index is 1.90. The van der Waals surface area contributed by atoms with Crippen molar-refractivity contribution in [3.05, 3.63) is 52.0 Å². The number of carbonyl (C=O) groups is 4. The third kappa shape index (κ3) is 5.36. The van der Waals surface area contributed by atoms with Gasteiger partial charge in [0.1, 0.15) is 12.7 Å². The number of alkyl halides is 1. The van der Waals surface area contributed by atoms with Crippen molar-refractivity contribution < 1.29 is 33.4 Å². The molecule has 0 saturated heterocycles. The number of ketones is 1. The number of carboxylic acid groups (broad SMARTS) is 1. The molecule has 2 aliphatic rings. The molecule has 1 aliphatic heterocycles. The minimum Gasteiger partial charge on any atom is -0.481 e. The lowest BCUT2D eigenvalue weighted by molar-refractivity contribution is -0.141. The summed E-state index contributed by atoms with van der Waals surface area (Å²) in [5, 5.41) is 12.2. The van der Waals surface area contributed by atoms with Gasteiger partial charge >= 0.3 is 12.1 Å². The third-order valence-electron chi connectivity index (χ3n) is 6.07. The molecule has 1 aliphatic carbocycles. The first-order chi connectivity index (χ1) is 16.4. The van der Waals surface area contributed by atoms with E-state index in [0.717, 1.165) is 5.56 Å². The summed E-state index contributed by atoms with van der Waals surface area (Å²) >= 11 is 12.4. The summed E-state index contributed by atoms with van der Waals surface area (Å²) in [4.78, 5) is 50.7. The number of amides is 2. The van der Waals surface area contributed by atoms with Crippen LogP contribution in [0.2, 0.25) is 5.02 Å². The van der Waals surface area contributed by atoms with Crippen LogP contribution in [-0.2, 0) is 19.1 Å². The van der Waals surface area contributed by atoms with Crippen LogP contribution in [-0.4, -0.2) is 53.2 Å². The van der Waals surface area contributed by atoms with Gasteiger partial charge in [-0.15, -0.1) is 0 Å². The van der Waals surface area contributed by atoms with Gasteiger partial charge in [-0.2, -0.15) is 0 Å². The average molecular weight is 527 g/mol. The van der Waals surface area contributed by atoms with Gasteiger partial charge in [0.15, 0.2) is 11.9 Å². The number of nitrogens with one attached hydrogen (secondary N) is 1. The van der Waals surface area contributed by atoms with E-state index >= 15 is 0 Å². The number of fused-ring (bicyclic) bond motifs is 3. The molecule has 0 bridgehead atoms. The molecule has 4 atom stereocenters. The summed E-state index contributed by atoms with van der Waals surface area (Å²) in [5.74, 6) is -4.25. The van der Waals surface area contributed by atoms with E-state index in [2.05, 4.69) is 5.32 Å². The maximum Gasteiger partial charge on any atom is 0.415 e. The van der Waals surface area contributed by atoms with Gasteiger partial charge in [-0.05, 0) is 42.7 Å². The second-order valence-electron chi connectivity index (χ2n) is 8.93. The average Bonchev–Trinajstić information content (AvgIpc) is 3.03. The van der Waals surface area contributed by atoms with Gasteiger partial charge in [-0.1, -0.05) is 49.2 Å². The molecule has 3 rings (SSSR count). The highest BCUT2D eigenvalue weighted by molar-refractivity contribution is 6.31. The molecule has 0 fully saturated rings. The van der Waals surface area contributed by atoms with Crippen molar-refractivity contribution in [1.29, 1.82) is 0 Å². The van der Waals surface area contributed by atoms with Crippen molar-refractivity contribution >= 4 is 52.6 Å². The number of carboxylic acids is 1. The molecule has 8 nitrogen and oxygen atoms in total. The molecule has 35 heavy (non-hydrogen) atoms. The zero-order valence-electron chi connectivity index (χ0n) is 19.3. The molecule has 0 radical (unpaired) electrons. The highest BCUT2D eigenvalue weighted by Crippen LogP contribution is 2.52.